The molecule has 2 N–H and O–H groups in total. The summed E-state index contributed by atoms with van der Waals surface area (Å²) in [4.78, 5) is 0. The van der Waals surface area contributed by atoms with Gasteiger partial charge in [0.25, 0.3) is 0 Å². The van der Waals surface area contributed by atoms with Gasteiger partial charge in [-0.15, -0.1) is 5.54 Å². The number of hydrogen-bond donors (Lipinski definition) is 2. The summed E-state index contributed by atoms with van der Waals surface area (Å²) < 4.78 is 15.2. The molecule has 0 atom stereocenters. The van der Waals surface area contributed by atoms with Gasteiger partial charge >= 0.3 is 0 Å². The van der Waals surface area contributed by atoms with Gasteiger partial charge in [0.2, 0.25) is 0 Å². The predicted molar refractivity (Wildman–Crippen MR) is 113 cm³/mol. The van der Waals surface area contributed by atoms with E-state index in [9.17, 15) is 14.6 Å². The molecule has 0 heterocycles. The molecule has 0 saturated carbocycles. The van der Waals surface area contributed by atoms with Crippen molar-refractivity contribution in [1.29, 1.82) is 0 Å². The van der Waals surface area contributed by atoms with E-state index in [4.69, 9.17) is 0 Å². The third kappa shape index (κ3) is 3.50. The summed E-state index contributed by atoms with van der Waals surface area (Å²) in [5.74, 6) is 2.39. The maximum Gasteiger partial charge on any atom is 0.153 e. The fourth-order valence-electron chi connectivity index (χ4n) is 4.17. The molecule has 140 valence electrons. The molecule has 0 saturated heterocycles. The van der Waals surface area contributed by atoms with E-state index >= 15 is 0 Å². The van der Waals surface area contributed by atoms with Crippen LogP contribution in [0.3, 0.4) is 0 Å². The van der Waals surface area contributed by atoms with Gasteiger partial charge in [-0.2, -0.15) is 0 Å². The summed E-state index contributed by atoms with van der Waals surface area (Å²) in [7, 11) is -2.04. The highest BCUT2D eigenvalue weighted by molar-refractivity contribution is 9.10. The molecule has 2 rings (SSSR count). The van der Waals surface area contributed by atoms with Crippen molar-refractivity contribution in [2.24, 2.45) is 0 Å². The van der Waals surface area contributed by atoms with Gasteiger partial charge in [0.05, 0.1) is 10.0 Å². The zero-order valence-corrected chi connectivity index (χ0v) is 18.7. The predicted octanol–water partition coefficient (Wildman–Crippen LogP) is 6.72. The maximum atomic E-state index is 14.9. The number of hydrogen-bond acceptors (Lipinski definition) is 2. The van der Waals surface area contributed by atoms with E-state index in [2.05, 4.69) is 68.9 Å². The molecular formula is C21H26BrFO2Si. The molecule has 0 radical (unpaired) electrons. The van der Waals surface area contributed by atoms with Crippen LogP contribution in [0, 0.1) is 17.3 Å². The maximum absolute atomic E-state index is 14.9. The van der Waals surface area contributed by atoms with Crippen molar-refractivity contribution in [3.63, 3.8) is 0 Å². The Morgan fingerprint density at radius 3 is 2.00 bits per heavy atom. The number of halogens is 2. The Morgan fingerprint density at radius 1 is 0.962 bits per heavy atom. The zero-order valence-electron chi connectivity index (χ0n) is 16.1. The highest BCUT2D eigenvalue weighted by atomic mass is 79.9. The molecule has 0 aromatic heterocycles. The normalized spacial score (nSPS) is 12.1. The SMILES string of the molecule is CC(C)[Si](C#Cc1c(F)c(Br)cc2cc(O)cc(O)c12)(C(C)C)C(C)C. The molecule has 0 aliphatic rings. The van der Waals surface area contributed by atoms with Crippen molar-refractivity contribution in [1.82, 2.24) is 0 Å². The molecule has 2 aromatic rings. The number of fused-ring (bicyclic) bond motifs is 1. The summed E-state index contributed by atoms with van der Waals surface area (Å²) in [6.45, 7) is 13.2. The van der Waals surface area contributed by atoms with Gasteiger partial charge in [0.15, 0.2) is 5.82 Å². The van der Waals surface area contributed by atoms with Crippen LogP contribution < -0.4 is 0 Å². The van der Waals surface area contributed by atoms with Gasteiger partial charge < -0.3 is 10.2 Å². The first-order valence-corrected chi connectivity index (χ1v) is 11.9. The summed E-state index contributed by atoms with van der Waals surface area (Å²) >= 11 is 3.23. The van der Waals surface area contributed by atoms with Crippen LogP contribution in [0.1, 0.15) is 47.1 Å². The van der Waals surface area contributed by atoms with E-state index in [1.165, 1.54) is 12.1 Å². The Kier molecular flexibility index (Phi) is 6.09. The van der Waals surface area contributed by atoms with Crippen LogP contribution in [0.5, 0.6) is 11.5 Å². The third-order valence-corrected chi connectivity index (χ3v) is 12.2. The largest absolute Gasteiger partial charge is 0.508 e. The molecule has 0 aliphatic heterocycles. The number of phenols is 2. The van der Waals surface area contributed by atoms with Crippen molar-refractivity contribution in [2.75, 3.05) is 0 Å². The van der Waals surface area contributed by atoms with Crippen molar-refractivity contribution >= 4 is 34.8 Å². The fraction of sp³-hybridized carbons (Fsp3) is 0.429. The number of rotatable bonds is 3. The zero-order chi connectivity index (χ0) is 19.8. The van der Waals surface area contributed by atoms with Gasteiger partial charge in [-0.1, -0.05) is 47.5 Å². The molecule has 0 bridgehead atoms. The minimum absolute atomic E-state index is 0.0670. The Morgan fingerprint density at radius 2 is 1.50 bits per heavy atom. The summed E-state index contributed by atoms with van der Waals surface area (Å²) in [5, 5.41) is 20.9. The average Bonchev–Trinajstić information content (AvgIpc) is 2.49. The lowest BCUT2D eigenvalue weighted by molar-refractivity contribution is 0.455. The molecule has 0 unspecified atom stereocenters. The Balaban J connectivity index is 2.84. The molecule has 2 nitrogen and oxygen atoms in total. The summed E-state index contributed by atoms with van der Waals surface area (Å²) in [6, 6.07) is 4.27. The molecule has 2 aromatic carbocycles. The van der Waals surface area contributed by atoms with Crippen LogP contribution in [0.4, 0.5) is 4.39 Å². The van der Waals surface area contributed by atoms with Crippen LogP contribution >= 0.6 is 15.9 Å². The van der Waals surface area contributed by atoms with E-state index in [0.29, 0.717) is 27.4 Å². The van der Waals surface area contributed by atoms with Crippen LogP contribution in [0.25, 0.3) is 10.8 Å². The van der Waals surface area contributed by atoms with Crippen molar-refractivity contribution in [3.8, 4) is 23.0 Å². The number of aromatic hydroxyl groups is 2. The molecule has 0 amide bonds. The smallest absolute Gasteiger partial charge is 0.153 e. The van der Waals surface area contributed by atoms with E-state index < -0.39 is 13.9 Å². The minimum Gasteiger partial charge on any atom is -0.508 e. The quantitative estimate of drug-likeness (QED) is 0.413. The fourth-order valence-corrected chi connectivity index (χ4v) is 9.82. The Labute approximate surface area is 164 Å². The van der Waals surface area contributed by atoms with E-state index in [1.54, 1.807) is 6.07 Å². The van der Waals surface area contributed by atoms with Crippen LogP contribution in [0.2, 0.25) is 16.6 Å². The van der Waals surface area contributed by atoms with Crippen molar-refractivity contribution < 1.29 is 14.6 Å². The lowest BCUT2D eigenvalue weighted by Gasteiger charge is -2.38. The standard InChI is InChI=1S/C21H26BrFO2Si/c1-12(2)26(13(3)4,14(5)6)8-7-17-20-15(10-18(22)21(17)23)9-16(24)11-19(20)25/h9-14,24-25H,1-6H3. The highest BCUT2D eigenvalue weighted by Crippen LogP contribution is 2.41. The van der Waals surface area contributed by atoms with Gasteiger partial charge in [-0.25, -0.2) is 4.39 Å². The highest BCUT2D eigenvalue weighted by Gasteiger charge is 2.41. The lowest BCUT2D eigenvalue weighted by atomic mass is 10.0. The average molecular weight is 437 g/mol. The molecule has 0 aliphatic carbocycles. The molecule has 0 spiro atoms. The summed E-state index contributed by atoms with van der Waals surface area (Å²) in [5.41, 5.74) is 4.97. The first-order valence-electron chi connectivity index (χ1n) is 8.89. The van der Waals surface area contributed by atoms with Gasteiger partial charge in [0.1, 0.15) is 19.6 Å². The molecule has 26 heavy (non-hydrogen) atoms. The second-order valence-corrected chi connectivity index (χ2v) is 14.2. The Hall–Kier alpha value is -1.51. The van der Waals surface area contributed by atoms with Crippen molar-refractivity contribution in [3.05, 3.63) is 34.1 Å². The van der Waals surface area contributed by atoms with Crippen molar-refractivity contribution in [2.45, 2.75) is 58.2 Å². The van der Waals surface area contributed by atoms with Crippen LogP contribution in [-0.2, 0) is 0 Å². The third-order valence-electron chi connectivity index (χ3n) is 5.36. The van der Waals surface area contributed by atoms with Gasteiger partial charge in [-0.3, -0.25) is 0 Å². The first kappa shape index (κ1) is 20.8. The first-order chi connectivity index (χ1) is 12.0. The lowest BCUT2D eigenvalue weighted by Crippen LogP contribution is -2.43. The number of benzene rings is 2. The molecular weight excluding hydrogens is 411 g/mol. The van der Waals surface area contributed by atoms with E-state index in [-0.39, 0.29) is 21.5 Å². The summed E-state index contributed by atoms with van der Waals surface area (Å²) in [6.07, 6.45) is 0. The van der Waals surface area contributed by atoms with E-state index in [0.717, 1.165) is 0 Å². The monoisotopic (exact) mass is 436 g/mol. The number of phenolic OH excluding ortho intramolecular Hbond substituents is 2. The Bertz CT molecular complexity index is 873. The van der Waals surface area contributed by atoms with E-state index in [1.807, 2.05) is 0 Å². The minimum atomic E-state index is -2.04. The van der Waals surface area contributed by atoms with Crippen LogP contribution in [0.15, 0.2) is 22.7 Å². The topological polar surface area (TPSA) is 40.5 Å². The van der Waals surface area contributed by atoms with Gasteiger partial charge in [-0.05, 0) is 50.1 Å². The second-order valence-electron chi connectivity index (χ2n) is 7.76. The second kappa shape index (κ2) is 7.62. The van der Waals surface area contributed by atoms with Crippen LogP contribution in [-0.4, -0.2) is 18.3 Å². The molecule has 5 heteroatoms. The molecule has 0 fully saturated rings. The van der Waals surface area contributed by atoms with Gasteiger partial charge in [0, 0.05) is 11.5 Å².